The molecule has 17 heavy (non-hydrogen) atoms. The molecule has 0 bridgehead atoms. The van der Waals surface area contributed by atoms with Gasteiger partial charge in [-0.1, -0.05) is 6.92 Å². The molecule has 0 amide bonds. The molecule has 1 aromatic heterocycles. The molecule has 3 heteroatoms. The molecule has 0 radical (unpaired) electrons. The van der Waals surface area contributed by atoms with Gasteiger partial charge in [0.25, 0.3) is 0 Å². The fourth-order valence-corrected chi connectivity index (χ4v) is 2.84. The number of benzene rings is 1. The van der Waals surface area contributed by atoms with Crippen LogP contribution in [-0.2, 0) is 0 Å². The Labute approximate surface area is 102 Å². The van der Waals surface area contributed by atoms with Crippen molar-refractivity contribution in [1.82, 2.24) is 15.5 Å². The minimum Gasteiger partial charge on any atom is -0.310 e. The van der Waals surface area contributed by atoms with Gasteiger partial charge in [0.15, 0.2) is 0 Å². The summed E-state index contributed by atoms with van der Waals surface area (Å²) in [6, 6.07) is 4.99. The van der Waals surface area contributed by atoms with Gasteiger partial charge < -0.3 is 5.32 Å². The first-order valence-electron chi connectivity index (χ1n) is 6.41. The fourth-order valence-electron chi connectivity index (χ4n) is 2.84. The molecule has 0 aliphatic carbocycles. The van der Waals surface area contributed by atoms with E-state index >= 15 is 0 Å². The lowest BCUT2D eigenvalue weighted by atomic mass is 9.88. The van der Waals surface area contributed by atoms with Crippen molar-refractivity contribution >= 4 is 10.9 Å². The standard InChI is InChI=1S/C14H19N3/c1-9-3-4-15-14(5-9)12-7-13-11(6-10(12)2)8-16-17-13/h6-9,14-15H,3-5H2,1-2H3,(H,16,17). The lowest BCUT2D eigenvalue weighted by Gasteiger charge is -2.29. The van der Waals surface area contributed by atoms with Crippen LogP contribution < -0.4 is 5.32 Å². The molecule has 2 N–H and O–H groups in total. The number of H-pyrrole nitrogens is 1. The SMILES string of the molecule is Cc1cc2cn[nH]c2cc1C1CC(C)CCN1. The highest BCUT2D eigenvalue weighted by Crippen LogP contribution is 2.30. The highest BCUT2D eigenvalue weighted by atomic mass is 15.1. The van der Waals surface area contributed by atoms with Crippen LogP contribution in [0.4, 0.5) is 0 Å². The van der Waals surface area contributed by atoms with Gasteiger partial charge in [0.05, 0.1) is 11.7 Å². The Morgan fingerprint density at radius 1 is 1.35 bits per heavy atom. The maximum Gasteiger partial charge on any atom is 0.0653 e. The van der Waals surface area contributed by atoms with E-state index in [9.17, 15) is 0 Å². The molecule has 0 spiro atoms. The zero-order valence-electron chi connectivity index (χ0n) is 10.5. The van der Waals surface area contributed by atoms with Gasteiger partial charge in [0.2, 0.25) is 0 Å². The van der Waals surface area contributed by atoms with Gasteiger partial charge in [0, 0.05) is 11.4 Å². The van der Waals surface area contributed by atoms with Gasteiger partial charge in [-0.15, -0.1) is 0 Å². The summed E-state index contributed by atoms with van der Waals surface area (Å²) in [6.07, 6.45) is 4.42. The predicted octanol–water partition coefficient (Wildman–Crippen LogP) is 2.93. The molecule has 1 saturated heterocycles. The summed E-state index contributed by atoms with van der Waals surface area (Å²) >= 11 is 0. The number of hydrogen-bond acceptors (Lipinski definition) is 2. The van der Waals surface area contributed by atoms with Gasteiger partial charge in [0.1, 0.15) is 0 Å². The number of aromatic amines is 1. The van der Waals surface area contributed by atoms with Crippen LogP contribution in [0, 0.1) is 12.8 Å². The van der Waals surface area contributed by atoms with Crippen LogP contribution in [0.25, 0.3) is 10.9 Å². The molecule has 90 valence electrons. The first-order chi connectivity index (χ1) is 8.24. The molecule has 2 heterocycles. The summed E-state index contributed by atoms with van der Waals surface area (Å²) in [4.78, 5) is 0. The topological polar surface area (TPSA) is 40.7 Å². The van der Waals surface area contributed by atoms with E-state index in [0.717, 1.165) is 18.0 Å². The number of nitrogens with one attached hydrogen (secondary N) is 2. The fraction of sp³-hybridized carbons (Fsp3) is 0.500. The monoisotopic (exact) mass is 229 g/mol. The van der Waals surface area contributed by atoms with Crippen LogP contribution in [0.1, 0.15) is 36.9 Å². The van der Waals surface area contributed by atoms with Crippen LogP contribution in [0.5, 0.6) is 0 Å². The average molecular weight is 229 g/mol. The minimum absolute atomic E-state index is 0.506. The average Bonchev–Trinajstić information content (AvgIpc) is 2.75. The third kappa shape index (κ3) is 1.95. The summed E-state index contributed by atoms with van der Waals surface area (Å²) in [5.74, 6) is 0.818. The van der Waals surface area contributed by atoms with Gasteiger partial charge in [-0.05, 0) is 55.5 Å². The summed E-state index contributed by atoms with van der Waals surface area (Å²) in [6.45, 7) is 5.67. The van der Waals surface area contributed by atoms with E-state index in [1.54, 1.807) is 0 Å². The summed E-state index contributed by atoms with van der Waals surface area (Å²) in [7, 11) is 0. The van der Waals surface area contributed by atoms with E-state index in [-0.39, 0.29) is 0 Å². The largest absolute Gasteiger partial charge is 0.310 e. The van der Waals surface area contributed by atoms with Crippen LogP contribution >= 0.6 is 0 Å². The van der Waals surface area contributed by atoms with Crippen LogP contribution in [0.2, 0.25) is 0 Å². The van der Waals surface area contributed by atoms with E-state index in [0.29, 0.717) is 6.04 Å². The quantitative estimate of drug-likeness (QED) is 0.789. The molecule has 2 atom stereocenters. The van der Waals surface area contributed by atoms with Crippen molar-refractivity contribution in [2.24, 2.45) is 5.92 Å². The lowest BCUT2D eigenvalue weighted by Crippen LogP contribution is -2.31. The Morgan fingerprint density at radius 2 is 2.24 bits per heavy atom. The molecule has 2 unspecified atom stereocenters. The summed E-state index contributed by atoms with van der Waals surface area (Å²) in [5, 5.41) is 12.0. The van der Waals surface area contributed by atoms with Crippen LogP contribution in [0.15, 0.2) is 18.3 Å². The van der Waals surface area contributed by atoms with E-state index in [2.05, 4.69) is 41.5 Å². The van der Waals surface area contributed by atoms with Crippen LogP contribution in [-0.4, -0.2) is 16.7 Å². The van der Waals surface area contributed by atoms with Crippen molar-refractivity contribution in [3.05, 3.63) is 29.5 Å². The summed E-state index contributed by atoms with van der Waals surface area (Å²) in [5.41, 5.74) is 3.93. The molecule has 3 nitrogen and oxygen atoms in total. The zero-order valence-corrected chi connectivity index (χ0v) is 10.5. The number of aromatic nitrogens is 2. The molecule has 3 rings (SSSR count). The Kier molecular flexibility index (Phi) is 2.63. The van der Waals surface area contributed by atoms with E-state index in [1.807, 2.05) is 6.20 Å². The van der Waals surface area contributed by atoms with Crippen molar-refractivity contribution in [3.8, 4) is 0 Å². The number of nitrogens with zero attached hydrogens (tertiary/aromatic N) is 1. The molecule has 1 aliphatic rings. The first-order valence-corrected chi connectivity index (χ1v) is 6.41. The maximum atomic E-state index is 4.10. The smallest absolute Gasteiger partial charge is 0.0653 e. The van der Waals surface area contributed by atoms with Gasteiger partial charge in [-0.2, -0.15) is 5.10 Å². The molecular weight excluding hydrogens is 210 g/mol. The highest BCUT2D eigenvalue weighted by Gasteiger charge is 2.21. The third-order valence-electron chi connectivity index (χ3n) is 3.87. The Hall–Kier alpha value is -1.35. The summed E-state index contributed by atoms with van der Waals surface area (Å²) < 4.78 is 0. The normalized spacial score (nSPS) is 25.3. The lowest BCUT2D eigenvalue weighted by molar-refractivity contribution is 0.325. The Bertz CT molecular complexity index is 529. The zero-order chi connectivity index (χ0) is 11.8. The molecule has 0 saturated carbocycles. The van der Waals surface area contributed by atoms with Crippen molar-refractivity contribution < 1.29 is 0 Å². The van der Waals surface area contributed by atoms with Crippen molar-refractivity contribution in [2.75, 3.05) is 6.54 Å². The van der Waals surface area contributed by atoms with E-state index in [1.165, 1.54) is 29.4 Å². The molecule has 2 aromatic rings. The van der Waals surface area contributed by atoms with Gasteiger partial charge >= 0.3 is 0 Å². The van der Waals surface area contributed by atoms with Crippen molar-refractivity contribution in [3.63, 3.8) is 0 Å². The second-order valence-corrected chi connectivity index (χ2v) is 5.30. The molecule has 1 aromatic carbocycles. The van der Waals surface area contributed by atoms with E-state index < -0.39 is 0 Å². The number of rotatable bonds is 1. The number of hydrogen-bond donors (Lipinski definition) is 2. The second-order valence-electron chi connectivity index (χ2n) is 5.30. The minimum atomic E-state index is 0.506. The maximum absolute atomic E-state index is 4.10. The molecule has 1 fully saturated rings. The Morgan fingerprint density at radius 3 is 3.06 bits per heavy atom. The van der Waals surface area contributed by atoms with Gasteiger partial charge in [-0.25, -0.2) is 0 Å². The van der Waals surface area contributed by atoms with Crippen LogP contribution in [0.3, 0.4) is 0 Å². The first kappa shape index (κ1) is 10.8. The second kappa shape index (κ2) is 4.15. The van der Waals surface area contributed by atoms with Gasteiger partial charge in [-0.3, -0.25) is 5.10 Å². The predicted molar refractivity (Wildman–Crippen MR) is 70.0 cm³/mol. The number of fused-ring (bicyclic) bond motifs is 1. The Balaban J connectivity index is 2.00. The molecule has 1 aliphatic heterocycles. The third-order valence-corrected chi connectivity index (χ3v) is 3.87. The number of piperidine rings is 1. The van der Waals surface area contributed by atoms with Crippen molar-refractivity contribution in [1.29, 1.82) is 0 Å². The molecular formula is C14H19N3. The highest BCUT2D eigenvalue weighted by molar-refractivity contribution is 5.79. The number of aryl methyl sites for hydroxylation is 1. The van der Waals surface area contributed by atoms with E-state index in [4.69, 9.17) is 0 Å². The van der Waals surface area contributed by atoms with Crippen molar-refractivity contribution in [2.45, 2.75) is 32.7 Å².